The fourth-order valence-corrected chi connectivity index (χ4v) is 4.17. The van der Waals surface area contributed by atoms with Crippen molar-refractivity contribution in [2.75, 3.05) is 11.9 Å². The molecule has 8 heteroatoms. The van der Waals surface area contributed by atoms with E-state index in [4.69, 9.17) is 16.0 Å². The van der Waals surface area contributed by atoms with Gasteiger partial charge in [0.05, 0.1) is 12.2 Å². The van der Waals surface area contributed by atoms with Gasteiger partial charge in [0.2, 0.25) is 5.91 Å². The van der Waals surface area contributed by atoms with Gasteiger partial charge >= 0.3 is 6.01 Å². The Bertz CT molecular complexity index is 965. The van der Waals surface area contributed by atoms with Crippen molar-refractivity contribution >= 4 is 51.1 Å². The summed E-state index contributed by atoms with van der Waals surface area (Å²) in [6, 6.07) is 5.71. The third-order valence-corrected chi connectivity index (χ3v) is 5.46. The maximum absolute atomic E-state index is 12.3. The maximum atomic E-state index is 12.3. The van der Waals surface area contributed by atoms with Crippen LogP contribution in [0.4, 0.5) is 11.1 Å². The third kappa shape index (κ3) is 3.54. The van der Waals surface area contributed by atoms with Crippen LogP contribution in [0.1, 0.15) is 30.8 Å². The quantitative estimate of drug-likeness (QED) is 0.704. The van der Waals surface area contributed by atoms with E-state index in [9.17, 15) is 4.79 Å². The molecule has 3 heterocycles. The first-order chi connectivity index (χ1) is 12.5. The van der Waals surface area contributed by atoms with Crippen LogP contribution in [0.15, 0.2) is 22.6 Å². The number of thiazole rings is 1. The summed E-state index contributed by atoms with van der Waals surface area (Å²) >= 11 is 7.52. The number of anilines is 2. The van der Waals surface area contributed by atoms with E-state index in [1.54, 1.807) is 29.5 Å². The van der Waals surface area contributed by atoms with Crippen LogP contribution >= 0.6 is 22.9 Å². The number of halogens is 1. The number of fused-ring (bicyclic) bond motifs is 2. The lowest BCUT2D eigenvalue weighted by molar-refractivity contribution is -0.132. The summed E-state index contributed by atoms with van der Waals surface area (Å²) in [6.45, 7) is 5.48. The minimum absolute atomic E-state index is 0.212. The highest BCUT2D eigenvalue weighted by molar-refractivity contribution is 7.15. The molecule has 4 rings (SSSR count). The van der Waals surface area contributed by atoms with Crippen LogP contribution in [0.25, 0.3) is 11.1 Å². The first-order valence-electron chi connectivity index (χ1n) is 8.57. The van der Waals surface area contributed by atoms with Crippen molar-refractivity contribution in [2.24, 2.45) is 5.92 Å². The highest BCUT2D eigenvalue weighted by atomic mass is 35.5. The predicted octanol–water partition coefficient (Wildman–Crippen LogP) is 4.61. The van der Waals surface area contributed by atoms with Crippen LogP contribution < -0.4 is 5.32 Å². The molecule has 1 N–H and O–H groups in total. The van der Waals surface area contributed by atoms with Gasteiger partial charge in [0.15, 0.2) is 10.7 Å². The number of amides is 1. The summed E-state index contributed by atoms with van der Waals surface area (Å²) in [6.07, 6.45) is 1.37. The molecule has 1 aliphatic rings. The van der Waals surface area contributed by atoms with E-state index in [0.717, 1.165) is 28.7 Å². The largest absolute Gasteiger partial charge is 0.423 e. The fourth-order valence-electron chi connectivity index (χ4n) is 2.99. The number of hydrogen-bond donors (Lipinski definition) is 1. The summed E-state index contributed by atoms with van der Waals surface area (Å²) in [7, 11) is 0. The summed E-state index contributed by atoms with van der Waals surface area (Å²) in [5.74, 6) is 0.583. The van der Waals surface area contributed by atoms with Crippen LogP contribution in [-0.2, 0) is 17.8 Å². The number of hydrogen-bond acceptors (Lipinski definition) is 6. The summed E-state index contributed by atoms with van der Waals surface area (Å²) in [4.78, 5) is 24.4. The van der Waals surface area contributed by atoms with Gasteiger partial charge in [-0.25, -0.2) is 4.98 Å². The molecule has 0 aliphatic carbocycles. The smallest absolute Gasteiger partial charge is 0.302 e. The van der Waals surface area contributed by atoms with Gasteiger partial charge in [0.25, 0.3) is 0 Å². The number of carbonyl (C=O) groups is 1. The molecule has 26 heavy (non-hydrogen) atoms. The number of aromatic nitrogens is 2. The highest BCUT2D eigenvalue weighted by Crippen LogP contribution is 2.31. The van der Waals surface area contributed by atoms with E-state index in [0.29, 0.717) is 41.0 Å². The molecule has 3 aromatic rings. The number of nitrogens with one attached hydrogen (secondary N) is 1. The Morgan fingerprint density at radius 3 is 3.08 bits per heavy atom. The molecule has 1 amide bonds. The standard InChI is InChI=1S/C18H19ClN4O2S/c1-10(2)7-16(24)23-6-5-12-15(9-23)26-18(21-12)22-17-20-13-8-11(19)3-4-14(13)25-17/h3-4,8,10H,5-7,9H2,1-2H3,(H,20,21,22). The zero-order chi connectivity index (χ0) is 18.3. The van der Waals surface area contributed by atoms with E-state index in [-0.39, 0.29) is 5.91 Å². The normalized spacial score (nSPS) is 14.1. The SMILES string of the molecule is CC(C)CC(=O)N1CCc2nc(Nc3nc4cc(Cl)ccc4o3)sc2C1. The van der Waals surface area contributed by atoms with Crippen molar-refractivity contribution in [3.05, 3.63) is 33.8 Å². The summed E-state index contributed by atoms with van der Waals surface area (Å²) in [5, 5.41) is 4.48. The molecule has 6 nitrogen and oxygen atoms in total. The molecule has 0 spiro atoms. The van der Waals surface area contributed by atoms with Crippen LogP contribution in [0.3, 0.4) is 0 Å². The molecule has 0 saturated carbocycles. The van der Waals surface area contributed by atoms with Crippen LogP contribution in [0, 0.1) is 5.92 Å². The minimum Gasteiger partial charge on any atom is -0.423 e. The lowest BCUT2D eigenvalue weighted by Gasteiger charge is -2.26. The van der Waals surface area contributed by atoms with Gasteiger partial charge in [-0.15, -0.1) is 0 Å². The van der Waals surface area contributed by atoms with Gasteiger partial charge in [0.1, 0.15) is 5.52 Å². The van der Waals surface area contributed by atoms with Gasteiger partial charge in [0, 0.05) is 29.3 Å². The van der Waals surface area contributed by atoms with E-state index < -0.39 is 0 Å². The summed E-state index contributed by atoms with van der Waals surface area (Å²) in [5.41, 5.74) is 2.42. The molecule has 0 bridgehead atoms. The molecule has 0 atom stereocenters. The topological polar surface area (TPSA) is 71.3 Å². The molecule has 2 aromatic heterocycles. The van der Waals surface area contributed by atoms with Crippen LogP contribution in [0.2, 0.25) is 5.02 Å². The number of carbonyl (C=O) groups excluding carboxylic acids is 1. The minimum atomic E-state index is 0.212. The molecule has 0 saturated heterocycles. The van der Waals surface area contributed by atoms with Crippen molar-refractivity contribution in [1.29, 1.82) is 0 Å². The second-order valence-electron chi connectivity index (χ2n) is 6.81. The number of rotatable bonds is 4. The Morgan fingerprint density at radius 1 is 1.42 bits per heavy atom. The Balaban J connectivity index is 1.49. The van der Waals surface area contributed by atoms with Crippen molar-refractivity contribution < 1.29 is 9.21 Å². The predicted molar refractivity (Wildman–Crippen MR) is 103 cm³/mol. The molecule has 1 aliphatic heterocycles. The molecule has 0 unspecified atom stereocenters. The Labute approximate surface area is 160 Å². The monoisotopic (exact) mass is 390 g/mol. The van der Waals surface area contributed by atoms with Crippen molar-refractivity contribution in [3.8, 4) is 0 Å². The second kappa shape index (κ2) is 6.89. The van der Waals surface area contributed by atoms with E-state index in [1.807, 2.05) is 4.90 Å². The first-order valence-corrected chi connectivity index (χ1v) is 9.77. The maximum Gasteiger partial charge on any atom is 0.302 e. The average molecular weight is 391 g/mol. The lowest BCUT2D eigenvalue weighted by Crippen LogP contribution is -2.36. The van der Waals surface area contributed by atoms with Crippen molar-refractivity contribution in [1.82, 2.24) is 14.9 Å². The average Bonchev–Trinajstić information content (AvgIpc) is 3.15. The van der Waals surface area contributed by atoms with Gasteiger partial charge in [-0.2, -0.15) is 4.98 Å². The van der Waals surface area contributed by atoms with Crippen LogP contribution in [-0.4, -0.2) is 27.3 Å². The second-order valence-corrected chi connectivity index (χ2v) is 8.33. The Kier molecular flexibility index (Phi) is 4.58. The number of oxazole rings is 1. The van der Waals surface area contributed by atoms with Crippen LogP contribution in [0.5, 0.6) is 0 Å². The molecule has 0 fully saturated rings. The van der Waals surface area contributed by atoms with Gasteiger partial charge in [-0.1, -0.05) is 36.8 Å². The molecule has 0 radical (unpaired) electrons. The highest BCUT2D eigenvalue weighted by Gasteiger charge is 2.24. The zero-order valence-corrected chi connectivity index (χ0v) is 16.2. The lowest BCUT2D eigenvalue weighted by atomic mass is 10.1. The van der Waals surface area contributed by atoms with Gasteiger partial charge < -0.3 is 9.32 Å². The first kappa shape index (κ1) is 17.3. The Morgan fingerprint density at radius 2 is 2.27 bits per heavy atom. The molecule has 1 aromatic carbocycles. The van der Waals surface area contributed by atoms with Crippen molar-refractivity contribution in [3.63, 3.8) is 0 Å². The Hall–Kier alpha value is -2.12. The number of nitrogens with zero attached hydrogens (tertiary/aromatic N) is 3. The van der Waals surface area contributed by atoms with Gasteiger partial charge in [-0.3, -0.25) is 10.1 Å². The van der Waals surface area contributed by atoms with Gasteiger partial charge in [-0.05, 0) is 24.1 Å². The fraction of sp³-hybridized carbons (Fsp3) is 0.389. The molecular weight excluding hydrogens is 372 g/mol. The molecule has 136 valence electrons. The third-order valence-electron chi connectivity index (χ3n) is 4.23. The van der Waals surface area contributed by atoms with E-state index >= 15 is 0 Å². The van der Waals surface area contributed by atoms with E-state index in [1.165, 1.54) is 0 Å². The summed E-state index contributed by atoms with van der Waals surface area (Å²) < 4.78 is 5.68. The molecular formula is C18H19ClN4O2S. The van der Waals surface area contributed by atoms with Crippen molar-refractivity contribution in [2.45, 2.75) is 33.2 Å². The number of benzene rings is 1. The zero-order valence-electron chi connectivity index (χ0n) is 14.6. The van der Waals surface area contributed by atoms with E-state index in [2.05, 4.69) is 29.1 Å².